The Kier molecular flexibility index (Phi) is 64.9. The van der Waals surface area contributed by atoms with Gasteiger partial charge < -0.3 is 20.3 Å². The number of amides is 1. The van der Waals surface area contributed by atoms with Gasteiger partial charge in [-0.2, -0.15) is 0 Å². The Bertz CT molecular complexity index is 1140. The number of carbonyl (C=O) groups is 2. The Morgan fingerprint density at radius 3 is 0.934 bits per heavy atom. The van der Waals surface area contributed by atoms with Crippen LogP contribution in [-0.2, 0) is 14.3 Å². The standard InChI is InChI=1S/C70H137NO5/c1-3-5-7-9-11-13-15-17-19-31-34-38-42-46-50-54-58-62-68(73)67(66-72)71-69(74)63-59-55-51-47-43-39-35-32-29-27-25-23-21-22-24-26-28-30-33-37-41-45-49-53-57-61-65-76-70(75)64-60-56-52-48-44-40-36-20-18-16-14-12-10-8-6-4-2/h21,23,67-68,72-73H,3-20,22,24-66H2,1-2H3,(H,71,74)/b23-21-. The van der Waals surface area contributed by atoms with Crippen molar-refractivity contribution in [3.05, 3.63) is 12.2 Å². The van der Waals surface area contributed by atoms with Crippen LogP contribution >= 0.6 is 0 Å². The van der Waals surface area contributed by atoms with Crippen molar-refractivity contribution in [3.63, 3.8) is 0 Å². The van der Waals surface area contributed by atoms with Crippen LogP contribution in [0.4, 0.5) is 0 Å². The predicted molar refractivity (Wildman–Crippen MR) is 333 cm³/mol. The molecule has 0 saturated carbocycles. The van der Waals surface area contributed by atoms with Gasteiger partial charge in [-0.15, -0.1) is 0 Å². The molecule has 0 aromatic carbocycles. The molecule has 0 spiro atoms. The lowest BCUT2D eigenvalue weighted by atomic mass is 10.0. The molecule has 452 valence electrons. The first-order valence-electron chi connectivity index (χ1n) is 34.9. The normalized spacial score (nSPS) is 12.5. The zero-order valence-corrected chi connectivity index (χ0v) is 51.8. The third kappa shape index (κ3) is 61.8. The second-order valence-electron chi connectivity index (χ2n) is 24.2. The summed E-state index contributed by atoms with van der Waals surface area (Å²) >= 11 is 0. The van der Waals surface area contributed by atoms with Crippen molar-refractivity contribution in [1.29, 1.82) is 0 Å². The van der Waals surface area contributed by atoms with Gasteiger partial charge in [0.2, 0.25) is 5.91 Å². The van der Waals surface area contributed by atoms with Crippen molar-refractivity contribution in [1.82, 2.24) is 5.32 Å². The molecule has 0 aliphatic heterocycles. The van der Waals surface area contributed by atoms with Crippen molar-refractivity contribution in [2.75, 3.05) is 13.2 Å². The summed E-state index contributed by atoms with van der Waals surface area (Å²) in [7, 11) is 0. The lowest BCUT2D eigenvalue weighted by Crippen LogP contribution is -2.45. The van der Waals surface area contributed by atoms with E-state index < -0.39 is 12.1 Å². The van der Waals surface area contributed by atoms with Crippen molar-refractivity contribution in [2.24, 2.45) is 0 Å². The van der Waals surface area contributed by atoms with Crippen LogP contribution in [0.15, 0.2) is 12.2 Å². The van der Waals surface area contributed by atoms with Crippen molar-refractivity contribution >= 4 is 11.9 Å². The molecule has 0 radical (unpaired) electrons. The summed E-state index contributed by atoms with van der Waals surface area (Å²) < 4.78 is 5.50. The van der Waals surface area contributed by atoms with Gasteiger partial charge in [-0.25, -0.2) is 0 Å². The number of carbonyl (C=O) groups excluding carboxylic acids is 2. The molecular weight excluding hydrogens is 935 g/mol. The summed E-state index contributed by atoms with van der Waals surface area (Å²) in [5, 5.41) is 23.4. The smallest absolute Gasteiger partial charge is 0.305 e. The third-order valence-electron chi connectivity index (χ3n) is 16.6. The SMILES string of the molecule is CCCCCCCCCCCCCCCCCCCC(O)C(CO)NC(=O)CCCCCCCCCCCC/C=C\CCCCCCCCCCCCCCOC(=O)CCCCCCCCCCCCCCCCCC. The quantitative estimate of drug-likeness (QED) is 0.0320. The predicted octanol–water partition coefficient (Wildman–Crippen LogP) is 22.4. The molecule has 0 fully saturated rings. The minimum atomic E-state index is -0.665. The molecule has 2 atom stereocenters. The first-order valence-corrected chi connectivity index (χ1v) is 34.9. The molecule has 0 aliphatic carbocycles. The summed E-state index contributed by atoms with van der Waals surface area (Å²) in [6.45, 7) is 5.00. The Hall–Kier alpha value is -1.40. The van der Waals surface area contributed by atoms with E-state index >= 15 is 0 Å². The second-order valence-corrected chi connectivity index (χ2v) is 24.2. The number of aliphatic hydroxyl groups excluding tert-OH is 2. The summed E-state index contributed by atoms with van der Waals surface area (Å²) in [5.74, 6) is -0.0142. The first-order chi connectivity index (χ1) is 37.5. The fourth-order valence-corrected chi connectivity index (χ4v) is 11.2. The Morgan fingerprint density at radius 1 is 0.355 bits per heavy atom. The van der Waals surface area contributed by atoms with Crippen molar-refractivity contribution in [2.45, 2.75) is 411 Å². The van der Waals surface area contributed by atoms with Gasteiger partial charge in [0.25, 0.3) is 0 Å². The molecule has 0 aromatic heterocycles. The number of allylic oxidation sites excluding steroid dienone is 2. The Labute approximate surface area is 476 Å². The van der Waals surface area contributed by atoms with Crippen molar-refractivity contribution in [3.8, 4) is 0 Å². The first kappa shape index (κ1) is 74.6. The molecule has 2 unspecified atom stereocenters. The van der Waals surface area contributed by atoms with Gasteiger partial charge in [-0.05, 0) is 51.4 Å². The van der Waals surface area contributed by atoms with Gasteiger partial charge in [0.15, 0.2) is 0 Å². The number of rotatable bonds is 66. The highest BCUT2D eigenvalue weighted by molar-refractivity contribution is 5.76. The van der Waals surface area contributed by atoms with E-state index in [4.69, 9.17) is 4.74 Å². The van der Waals surface area contributed by atoms with E-state index in [1.165, 1.54) is 327 Å². The summed E-state index contributed by atoms with van der Waals surface area (Å²) in [6.07, 6.45) is 81.1. The van der Waals surface area contributed by atoms with Gasteiger partial charge in [-0.3, -0.25) is 9.59 Å². The number of unbranched alkanes of at least 4 members (excludes halogenated alkanes) is 53. The van der Waals surface area contributed by atoms with E-state index in [1.807, 2.05) is 0 Å². The largest absolute Gasteiger partial charge is 0.466 e. The van der Waals surface area contributed by atoms with Gasteiger partial charge in [0, 0.05) is 12.8 Å². The molecule has 0 bridgehead atoms. The number of hydrogen-bond acceptors (Lipinski definition) is 5. The van der Waals surface area contributed by atoms with Crippen molar-refractivity contribution < 1.29 is 24.5 Å². The van der Waals surface area contributed by atoms with Crippen LogP contribution in [0.1, 0.15) is 399 Å². The fourth-order valence-electron chi connectivity index (χ4n) is 11.2. The zero-order valence-electron chi connectivity index (χ0n) is 51.8. The average Bonchev–Trinajstić information content (AvgIpc) is 3.42. The van der Waals surface area contributed by atoms with E-state index in [0.717, 1.165) is 38.5 Å². The molecule has 76 heavy (non-hydrogen) atoms. The van der Waals surface area contributed by atoms with Gasteiger partial charge in [-0.1, -0.05) is 347 Å². The fraction of sp³-hybridized carbons (Fsp3) is 0.943. The van der Waals surface area contributed by atoms with E-state index in [-0.39, 0.29) is 18.5 Å². The zero-order chi connectivity index (χ0) is 55.0. The lowest BCUT2D eigenvalue weighted by Gasteiger charge is -2.22. The highest BCUT2D eigenvalue weighted by Crippen LogP contribution is 2.19. The monoisotopic (exact) mass is 1070 g/mol. The maximum absolute atomic E-state index is 12.5. The highest BCUT2D eigenvalue weighted by Gasteiger charge is 2.20. The molecule has 0 rings (SSSR count). The van der Waals surface area contributed by atoms with Gasteiger partial charge in [0.1, 0.15) is 0 Å². The third-order valence-corrected chi connectivity index (χ3v) is 16.6. The van der Waals surface area contributed by atoms with Crippen LogP contribution in [0.25, 0.3) is 0 Å². The number of esters is 1. The summed E-state index contributed by atoms with van der Waals surface area (Å²) in [4.78, 5) is 24.6. The minimum absolute atomic E-state index is 0.0188. The lowest BCUT2D eigenvalue weighted by molar-refractivity contribution is -0.143. The molecule has 0 heterocycles. The highest BCUT2D eigenvalue weighted by atomic mass is 16.5. The van der Waals surface area contributed by atoms with Crippen LogP contribution in [0, 0.1) is 0 Å². The van der Waals surface area contributed by atoms with E-state index in [0.29, 0.717) is 25.9 Å². The molecule has 6 nitrogen and oxygen atoms in total. The molecule has 3 N–H and O–H groups in total. The molecule has 6 heteroatoms. The molecule has 0 aromatic rings. The summed E-state index contributed by atoms with van der Waals surface area (Å²) in [6, 6.07) is -0.542. The van der Waals surface area contributed by atoms with E-state index in [1.54, 1.807) is 0 Å². The average molecular weight is 1070 g/mol. The Morgan fingerprint density at radius 2 is 0.618 bits per heavy atom. The summed E-state index contributed by atoms with van der Waals surface area (Å²) in [5.41, 5.74) is 0. The topological polar surface area (TPSA) is 95.9 Å². The van der Waals surface area contributed by atoms with Crippen LogP contribution in [0.2, 0.25) is 0 Å². The number of aliphatic hydroxyl groups is 2. The molecule has 0 aliphatic rings. The second kappa shape index (κ2) is 66.1. The van der Waals surface area contributed by atoms with Gasteiger partial charge >= 0.3 is 5.97 Å². The maximum Gasteiger partial charge on any atom is 0.305 e. The molecule has 0 saturated heterocycles. The number of ether oxygens (including phenoxy) is 1. The number of nitrogens with one attached hydrogen (secondary N) is 1. The Balaban J connectivity index is 3.37. The van der Waals surface area contributed by atoms with Gasteiger partial charge in [0.05, 0.1) is 25.4 Å². The molecular formula is C70H137NO5. The van der Waals surface area contributed by atoms with Crippen LogP contribution < -0.4 is 5.32 Å². The van der Waals surface area contributed by atoms with E-state index in [2.05, 4.69) is 31.3 Å². The number of hydrogen-bond donors (Lipinski definition) is 3. The van der Waals surface area contributed by atoms with Crippen LogP contribution in [-0.4, -0.2) is 47.4 Å². The van der Waals surface area contributed by atoms with E-state index in [9.17, 15) is 19.8 Å². The maximum atomic E-state index is 12.5. The molecule has 1 amide bonds. The van der Waals surface area contributed by atoms with Crippen LogP contribution in [0.3, 0.4) is 0 Å². The minimum Gasteiger partial charge on any atom is -0.466 e. The van der Waals surface area contributed by atoms with Crippen LogP contribution in [0.5, 0.6) is 0 Å².